The van der Waals surface area contributed by atoms with Crippen molar-refractivity contribution < 1.29 is 0 Å². The Labute approximate surface area is 95.5 Å². The first kappa shape index (κ1) is 9.43. The lowest BCUT2D eigenvalue weighted by Crippen LogP contribution is -2.23. The second kappa shape index (κ2) is 3.99. The Balaban J connectivity index is 1.73. The van der Waals surface area contributed by atoms with Gasteiger partial charge in [-0.3, -0.25) is 0 Å². The van der Waals surface area contributed by atoms with Crippen molar-refractivity contribution in [3.8, 4) is 0 Å². The molecule has 2 nitrogen and oxygen atoms in total. The van der Waals surface area contributed by atoms with E-state index in [1.165, 1.54) is 11.1 Å². The van der Waals surface area contributed by atoms with Gasteiger partial charge in [-0.2, -0.15) is 0 Å². The minimum absolute atomic E-state index is 0.977. The molecular weight excluding hydrogens is 196 g/mol. The van der Waals surface area contributed by atoms with Crippen LogP contribution >= 0.6 is 0 Å². The number of rotatable bonds is 2. The average molecular weight is 210 g/mol. The average Bonchev–Trinajstić information content (AvgIpc) is 2.72. The highest BCUT2D eigenvalue weighted by Gasteiger charge is 2.17. The molecule has 0 atom stereocenters. The normalized spacial score (nSPS) is 14.8. The largest absolute Gasteiger partial charge is 0.318 e. The fraction of sp³-hybridized carbons (Fsp3) is 0.143. The molecular formula is C14H14N2. The van der Waals surface area contributed by atoms with Crippen molar-refractivity contribution in [2.24, 2.45) is 0 Å². The number of fused-ring (bicyclic) bond motifs is 1. The molecule has 0 bridgehead atoms. The van der Waals surface area contributed by atoms with Crippen molar-refractivity contribution >= 4 is 5.69 Å². The molecule has 1 aliphatic heterocycles. The maximum Gasteiger partial charge on any atom is 0.0490 e. The topological polar surface area (TPSA) is 15.3 Å². The summed E-state index contributed by atoms with van der Waals surface area (Å²) < 4.78 is 0. The van der Waals surface area contributed by atoms with E-state index in [0.717, 1.165) is 18.8 Å². The maximum atomic E-state index is 3.42. The summed E-state index contributed by atoms with van der Waals surface area (Å²) in [5.41, 5.74) is 7.41. The summed E-state index contributed by atoms with van der Waals surface area (Å²) in [6.45, 7) is 1.95. The maximum absolute atomic E-state index is 3.42. The van der Waals surface area contributed by atoms with Crippen molar-refractivity contribution in [3.63, 3.8) is 0 Å². The Morgan fingerprint density at radius 3 is 1.94 bits per heavy atom. The highest BCUT2D eigenvalue weighted by molar-refractivity contribution is 5.42. The second-order valence-corrected chi connectivity index (χ2v) is 4.10. The molecule has 0 spiro atoms. The summed E-state index contributed by atoms with van der Waals surface area (Å²) in [4.78, 5) is 0. The SMILES string of the molecule is c1ccc(NN2Cc3ccccc3C2)cc1. The third-order valence-corrected chi connectivity index (χ3v) is 2.90. The molecule has 16 heavy (non-hydrogen) atoms. The summed E-state index contributed by atoms with van der Waals surface area (Å²) >= 11 is 0. The first-order valence-corrected chi connectivity index (χ1v) is 5.55. The first-order chi connectivity index (χ1) is 7.92. The molecule has 3 rings (SSSR count). The fourth-order valence-corrected chi connectivity index (χ4v) is 2.11. The number of benzene rings is 2. The zero-order valence-electron chi connectivity index (χ0n) is 9.06. The van der Waals surface area contributed by atoms with E-state index < -0.39 is 0 Å². The molecule has 80 valence electrons. The number of para-hydroxylation sites is 1. The Kier molecular flexibility index (Phi) is 2.35. The van der Waals surface area contributed by atoms with Gasteiger partial charge in [0, 0.05) is 18.8 Å². The number of anilines is 1. The van der Waals surface area contributed by atoms with Gasteiger partial charge in [0.1, 0.15) is 0 Å². The lowest BCUT2D eigenvalue weighted by atomic mass is 10.1. The van der Waals surface area contributed by atoms with E-state index in [4.69, 9.17) is 0 Å². The van der Waals surface area contributed by atoms with Crippen LogP contribution in [0.15, 0.2) is 54.6 Å². The lowest BCUT2D eigenvalue weighted by molar-refractivity contribution is 0.347. The molecule has 1 aliphatic rings. The lowest BCUT2D eigenvalue weighted by Gasteiger charge is -2.17. The van der Waals surface area contributed by atoms with Gasteiger partial charge in [-0.05, 0) is 23.3 Å². The van der Waals surface area contributed by atoms with E-state index in [-0.39, 0.29) is 0 Å². The fourth-order valence-electron chi connectivity index (χ4n) is 2.11. The molecule has 0 fully saturated rings. The molecule has 2 aromatic rings. The number of nitrogens with one attached hydrogen (secondary N) is 1. The molecule has 0 aliphatic carbocycles. The van der Waals surface area contributed by atoms with Gasteiger partial charge >= 0.3 is 0 Å². The van der Waals surface area contributed by atoms with E-state index in [0.29, 0.717) is 0 Å². The van der Waals surface area contributed by atoms with Crippen LogP contribution in [-0.4, -0.2) is 5.01 Å². The quantitative estimate of drug-likeness (QED) is 0.819. The number of hydrazine groups is 1. The molecule has 0 radical (unpaired) electrons. The van der Waals surface area contributed by atoms with E-state index in [1.807, 2.05) is 18.2 Å². The molecule has 2 heteroatoms. The van der Waals surface area contributed by atoms with Crippen molar-refractivity contribution in [1.29, 1.82) is 0 Å². The second-order valence-electron chi connectivity index (χ2n) is 4.10. The van der Waals surface area contributed by atoms with Crippen LogP contribution in [0.2, 0.25) is 0 Å². The van der Waals surface area contributed by atoms with Crippen LogP contribution < -0.4 is 5.43 Å². The first-order valence-electron chi connectivity index (χ1n) is 5.55. The minimum atomic E-state index is 0.977. The Bertz CT molecular complexity index is 454. The van der Waals surface area contributed by atoms with Crippen molar-refractivity contribution in [3.05, 3.63) is 65.7 Å². The monoisotopic (exact) mass is 210 g/mol. The standard InChI is InChI=1S/C14H14N2/c1-2-8-14(9-3-1)15-16-10-12-6-4-5-7-13(12)11-16/h1-9,15H,10-11H2. The molecule has 2 aromatic carbocycles. The summed E-state index contributed by atoms with van der Waals surface area (Å²) in [6.07, 6.45) is 0. The molecule has 0 saturated carbocycles. The highest BCUT2D eigenvalue weighted by atomic mass is 15.5. The van der Waals surface area contributed by atoms with Crippen LogP contribution in [0.4, 0.5) is 5.69 Å². The molecule has 1 heterocycles. The summed E-state index contributed by atoms with van der Waals surface area (Å²) in [7, 11) is 0. The van der Waals surface area contributed by atoms with Gasteiger partial charge in [0.05, 0.1) is 0 Å². The number of hydrogen-bond donors (Lipinski definition) is 1. The summed E-state index contributed by atoms with van der Waals surface area (Å²) in [5.74, 6) is 0. The van der Waals surface area contributed by atoms with Crippen molar-refractivity contribution in [1.82, 2.24) is 5.01 Å². The summed E-state index contributed by atoms with van der Waals surface area (Å²) in [5, 5.41) is 2.24. The molecule has 1 N–H and O–H groups in total. The number of hydrogen-bond acceptors (Lipinski definition) is 2. The number of nitrogens with zero attached hydrogens (tertiary/aromatic N) is 1. The van der Waals surface area contributed by atoms with Gasteiger partial charge in [0.2, 0.25) is 0 Å². The Morgan fingerprint density at radius 2 is 1.31 bits per heavy atom. The molecule has 0 saturated heterocycles. The predicted octanol–water partition coefficient (Wildman–Crippen LogP) is 3.03. The van der Waals surface area contributed by atoms with E-state index in [1.54, 1.807) is 0 Å². The van der Waals surface area contributed by atoms with Crippen LogP contribution in [0.1, 0.15) is 11.1 Å². The van der Waals surface area contributed by atoms with Gasteiger partial charge in [-0.1, -0.05) is 42.5 Å². The third-order valence-electron chi connectivity index (χ3n) is 2.90. The van der Waals surface area contributed by atoms with E-state index in [2.05, 4.69) is 46.8 Å². The van der Waals surface area contributed by atoms with Gasteiger partial charge in [-0.25, -0.2) is 5.01 Å². The van der Waals surface area contributed by atoms with Crippen molar-refractivity contribution in [2.45, 2.75) is 13.1 Å². The van der Waals surface area contributed by atoms with Crippen LogP contribution in [0.3, 0.4) is 0 Å². The van der Waals surface area contributed by atoms with E-state index >= 15 is 0 Å². The zero-order valence-corrected chi connectivity index (χ0v) is 9.06. The van der Waals surface area contributed by atoms with Gasteiger partial charge < -0.3 is 5.43 Å². The van der Waals surface area contributed by atoms with Crippen LogP contribution in [-0.2, 0) is 13.1 Å². The van der Waals surface area contributed by atoms with Crippen molar-refractivity contribution in [2.75, 3.05) is 5.43 Å². The predicted molar refractivity (Wildman–Crippen MR) is 65.8 cm³/mol. The van der Waals surface area contributed by atoms with E-state index in [9.17, 15) is 0 Å². The highest BCUT2D eigenvalue weighted by Crippen LogP contribution is 2.22. The smallest absolute Gasteiger partial charge is 0.0490 e. The van der Waals surface area contributed by atoms with Crippen LogP contribution in [0.5, 0.6) is 0 Å². The zero-order chi connectivity index (χ0) is 10.8. The van der Waals surface area contributed by atoms with Gasteiger partial charge in [-0.15, -0.1) is 0 Å². The Hall–Kier alpha value is -1.80. The van der Waals surface area contributed by atoms with Gasteiger partial charge in [0.15, 0.2) is 0 Å². The minimum Gasteiger partial charge on any atom is -0.318 e. The molecule has 0 aromatic heterocycles. The van der Waals surface area contributed by atoms with Crippen LogP contribution in [0.25, 0.3) is 0 Å². The third kappa shape index (κ3) is 1.79. The Morgan fingerprint density at radius 1 is 0.750 bits per heavy atom. The summed E-state index contributed by atoms with van der Waals surface area (Å²) in [6, 6.07) is 18.9. The van der Waals surface area contributed by atoms with Crippen LogP contribution in [0, 0.1) is 0 Å². The molecule has 0 unspecified atom stereocenters. The molecule has 0 amide bonds. The van der Waals surface area contributed by atoms with Gasteiger partial charge in [0.25, 0.3) is 0 Å².